The van der Waals surface area contributed by atoms with Crippen LogP contribution in [-0.4, -0.2) is 19.2 Å². The summed E-state index contributed by atoms with van der Waals surface area (Å²) >= 11 is 0. The van der Waals surface area contributed by atoms with Crippen LogP contribution in [0.5, 0.6) is 11.6 Å². The van der Waals surface area contributed by atoms with E-state index in [1.54, 1.807) is 20.4 Å². The van der Waals surface area contributed by atoms with E-state index < -0.39 is 0 Å². The first kappa shape index (κ1) is 12.4. The van der Waals surface area contributed by atoms with Crippen LogP contribution in [0.1, 0.15) is 17.2 Å². The Balaban J connectivity index is 2.31. The zero-order valence-electron chi connectivity index (χ0n) is 10.5. The Morgan fingerprint density at radius 2 is 1.78 bits per heavy atom. The highest BCUT2D eigenvalue weighted by atomic mass is 16.5. The number of nitrogens with zero attached hydrogens (tertiary/aromatic N) is 1. The quantitative estimate of drug-likeness (QED) is 0.895. The van der Waals surface area contributed by atoms with Crippen LogP contribution in [0.25, 0.3) is 0 Å². The van der Waals surface area contributed by atoms with E-state index in [0.717, 1.165) is 16.9 Å². The van der Waals surface area contributed by atoms with E-state index >= 15 is 0 Å². The van der Waals surface area contributed by atoms with Gasteiger partial charge in [0.25, 0.3) is 0 Å². The van der Waals surface area contributed by atoms with Gasteiger partial charge in [-0.25, -0.2) is 4.98 Å². The van der Waals surface area contributed by atoms with Gasteiger partial charge in [-0.2, -0.15) is 0 Å². The van der Waals surface area contributed by atoms with Gasteiger partial charge in [0.15, 0.2) is 0 Å². The van der Waals surface area contributed by atoms with E-state index in [-0.39, 0.29) is 6.04 Å². The summed E-state index contributed by atoms with van der Waals surface area (Å²) in [5.41, 5.74) is 8.08. The second kappa shape index (κ2) is 5.51. The van der Waals surface area contributed by atoms with Gasteiger partial charge in [0.1, 0.15) is 5.75 Å². The van der Waals surface area contributed by atoms with Crippen LogP contribution < -0.4 is 15.2 Å². The Kier molecular flexibility index (Phi) is 3.79. The van der Waals surface area contributed by atoms with Gasteiger partial charge in [0.05, 0.1) is 20.3 Å². The highest BCUT2D eigenvalue weighted by Crippen LogP contribution is 2.27. The molecule has 0 bridgehead atoms. The number of methoxy groups -OCH3 is 2. The average Bonchev–Trinajstić information content (AvgIpc) is 2.46. The summed E-state index contributed by atoms with van der Waals surface area (Å²) in [6.07, 6.45) is 1.68. The molecule has 2 rings (SSSR count). The lowest BCUT2D eigenvalue weighted by atomic mass is 10.0. The zero-order valence-corrected chi connectivity index (χ0v) is 10.5. The van der Waals surface area contributed by atoms with Crippen molar-refractivity contribution < 1.29 is 9.47 Å². The SMILES string of the molecule is COc1ccc(C(N)c2cccnc2OC)cc1. The summed E-state index contributed by atoms with van der Waals surface area (Å²) in [4.78, 5) is 4.15. The molecular weight excluding hydrogens is 228 g/mol. The van der Waals surface area contributed by atoms with Crippen molar-refractivity contribution in [2.75, 3.05) is 14.2 Å². The van der Waals surface area contributed by atoms with Crippen LogP contribution in [0.4, 0.5) is 0 Å². The summed E-state index contributed by atoms with van der Waals surface area (Å²) in [5.74, 6) is 1.37. The molecule has 1 atom stereocenters. The van der Waals surface area contributed by atoms with Crippen molar-refractivity contribution in [2.24, 2.45) is 5.73 Å². The Labute approximate surface area is 106 Å². The predicted molar refractivity (Wildman–Crippen MR) is 69.8 cm³/mol. The van der Waals surface area contributed by atoms with E-state index in [1.165, 1.54) is 0 Å². The Morgan fingerprint density at radius 1 is 1.06 bits per heavy atom. The van der Waals surface area contributed by atoms with Crippen molar-refractivity contribution >= 4 is 0 Å². The third-order valence-electron chi connectivity index (χ3n) is 2.80. The first-order valence-corrected chi connectivity index (χ1v) is 5.64. The van der Waals surface area contributed by atoms with Gasteiger partial charge >= 0.3 is 0 Å². The highest BCUT2D eigenvalue weighted by molar-refractivity contribution is 5.38. The second-order valence-corrected chi connectivity index (χ2v) is 3.85. The monoisotopic (exact) mass is 244 g/mol. The first-order valence-electron chi connectivity index (χ1n) is 5.64. The molecule has 0 fully saturated rings. The molecule has 0 amide bonds. The van der Waals surface area contributed by atoms with Crippen LogP contribution in [0.3, 0.4) is 0 Å². The van der Waals surface area contributed by atoms with Crippen molar-refractivity contribution in [2.45, 2.75) is 6.04 Å². The fourth-order valence-corrected chi connectivity index (χ4v) is 1.80. The number of rotatable bonds is 4. The highest BCUT2D eigenvalue weighted by Gasteiger charge is 2.14. The third kappa shape index (κ3) is 2.43. The third-order valence-corrected chi connectivity index (χ3v) is 2.80. The van der Waals surface area contributed by atoms with Crippen molar-refractivity contribution in [3.63, 3.8) is 0 Å². The maximum atomic E-state index is 6.22. The fourth-order valence-electron chi connectivity index (χ4n) is 1.80. The lowest BCUT2D eigenvalue weighted by Gasteiger charge is -2.15. The topological polar surface area (TPSA) is 57.4 Å². The van der Waals surface area contributed by atoms with Gasteiger partial charge in [-0.15, -0.1) is 0 Å². The predicted octanol–water partition coefficient (Wildman–Crippen LogP) is 2.15. The molecule has 2 N–H and O–H groups in total. The standard InChI is InChI=1S/C14H16N2O2/c1-17-11-7-5-10(6-8-11)13(15)12-4-3-9-16-14(12)18-2/h3-9,13H,15H2,1-2H3. The van der Waals surface area contributed by atoms with E-state index in [9.17, 15) is 0 Å². The van der Waals surface area contributed by atoms with Crippen molar-refractivity contribution in [1.29, 1.82) is 0 Å². The number of hydrogen-bond donors (Lipinski definition) is 1. The largest absolute Gasteiger partial charge is 0.497 e. The molecule has 0 aliphatic carbocycles. The Bertz CT molecular complexity index is 511. The fraction of sp³-hybridized carbons (Fsp3) is 0.214. The van der Waals surface area contributed by atoms with Crippen molar-refractivity contribution in [3.8, 4) is 11.6 Å². The summed E-state index contributed by atoms with van der Waals surface area (Å²) in [6, 6.07) is 11.2. The molecule has 1 unspecified atom stereocenters. The lowest BCUT2D eigenvalue weighted by Crippen LogP contribution is -2.13. The van der Waals surface area contributed by atoms with Gasteiger partial charge in [-0.05, 0) is 23.8 Å². The molecular formula is C14H16N2O2. The second-order valence-electron chi connectivity index (χ2n) is 3.85. The lowest BCUT2D eigenvalue weighted by molar-refractivity contribution is 0.390. The minimum atomic E-state index is -0.264. The normalized spacial score (nSPS) is 11.9. The molecule has 0 aliphatic rings. The maximum absolute atomic E-state index is 6.22. The van der Waals surface area contributed by atoms with Crippen LogP contribution in [0, 0.1) is 0 Å². The van der Waals surface area contributed by atoms with E-state index in [1.807, 2.05) is 36.4 Å². The van der Waals surface area contributed by atoms with Crippen molar-refractivity contribution in [1.82, 2.24) is 4.98 Å². The molecule has 0 radical (unpaired) electrons. The molecule has 1 aromatic carbocycles. The van der Waals surface area contributed by atoms with Crippen LogP contribution in [0.2, 0.25) is 0 Å². The van der Waals surface area contributed by atoms with E-state index in [4.69, 9.17) is 15.2 Å². The summed E-state index contributed by atoms with van der Waals surface area (Å²) in [5, 5.41) is 0. The Morgan fingerprint density at radius 3 is 2.39 bits per heavy atom. The molecule has 1 heterocycles. The smallest absolute Gasteiger partial charge is 0.218 e. The molecule has 0 spiro atoms. The van der Waals surface area contributed by atoms with E-state index in [2.05, 4.69) is 4.98 Å². The summed E-state index contributed by atoms with van der Waals surface area (Å²) < 4.78 is 10.3. The molecule has 4 nitrogen and oxygen atoms in total. The molecule has 0 saturated heterocycles. The zero-order chi connectivity index (χ0) is 13.0. The molecule has 0 aliphatic heterocycles. The van der Waals surface area contributed by atoms with Gasteiger partial charge in [-0.1, -0.05) is 18.2 Å². The molecule has 4 heteroatoms. The minimum absolute atomic E-state index is 0.264. The van der Waals surface area contributed by atoms with Crippen molar-refractivity contribution in [3.05, 3.63) is 53.7 Å². The molecule has 2 aromatic rings. The molecule has 18 heavy (non-hydrogen) atoms. The average molecular weight is 244 g/mol. The van der Waals surface area contributed by atoms with Gasteiger partial charge in [0, 0.05) is 11.8 Å². The van der Waals surface area contributed by atoms with E-state index in [0.29, 0.717) is 5.88 Å². The molecule has 1 aromatic heterocycles. The van der Waals surface area contributed by atoms with Crippen LogP contribution in [0.15, 0.2) is 42.6 Å². The van der Waals surface area contributed by atoms with Gasteiger partial charge < -0.3 is 15.2 Å². The summed E-state index contributed by atoms with van der Waals surface area (Å²) in [6.45, 7) is 0. The van der Waals surface area contributed by atoms with Gasteiger partial charge in [-0.3, -0.25) is 0 Å². The number of hydrogen-bond acceptors (Lipinski definition) is 4. The Hall–Kier alpha value is -2.07. The number of benzene rings is 1. The maximum Gasteiger partial charge on any atom is 0.218 e. The number of pyridine rings is 1. The number of aromatic nitrogens is 1. The number of nitrogens with two attached hydrogens (primary N) is 1. The van der Waals surface area contributed by atoms with Gasteiger partial charge in [0.2, 0.25) is 5.88 Å². The minimum Gasteiger partial charge on any atom is -0.497 e. The first-order chi connectivity index (χ1) is 8.76. The van der Waals surface area contributed by atoms with Crippen LogP contribution in [-0.2, 0) is 0 Å². The van der Waals surface area contributed by atoms with Crippen LogP contribution >= 0.6 is 0 Å². The summed E-state index contributed by atoms with van der Waals surface area (Å²) in [7, 11) is 3.23. The number of ether oxygens (including phenoxy) is 2. The molecule has 0 saturated carbocycles. The molecule has 94 valence electrons.